The predicted octanol–water partition coefficient (Wildman–Crippen LogP) is 2.90. The number of thiazole rings is 1. The molecular weight excluding hydrogens is 362 g/mol. The van der Waals surface area contributed by atoms with Gasteiger partial charge in [0.25, 0.3) is 0 Å². The van der Waals surface area contributed by atoms with E-state index < -0.39 is 0 Å². The molecule has 2 aliphatic rings. The minimum Gasteiger partial charge on any atom is -0.343 e. The van der Waals surface area contributed by atoms with Gasteiger partial charge in [0.15, 0.2) is 6.29 Å². The van der Waals surface area contributed by atoms with Crippen molar-refractivity contribution in [3.63, 3.8) is 0 Å². The molecule has 3 heterocycles. The molecule has 0 N–H and O–H groups in total. The molecule has 24 heavy (non-hydrogen) atoms. The van der Waals surface area contributed by atoms with Gasteiger partial charge >= 0.3 is 0 Å². The third-order valence-electron chi connectivity index (χ3n) is 4.37. The Balaban J connectivity index is 1.47. The Hall–Kier alpha value is -1.25. The van der Waals surface area contributed by atoms with E-state index in [0.717, 1.165) is 53.0 Å². The Morgan fingerprint density at radius 1 is 1.46 bits per heavy atom. The molecule has 0 atom stereocenters. The zero-order valence-corrected chi connectivity index (χ0v) is 15.7. The van der Waals surface area contributed by atoms with E-state index in [0.29, 0.717) is 24.6 Å². The molecule has 3 rings (SSSR count). The fourth-order valence-corrected chi connectivity index (χ4v) is 5.12. The first kappa shape index (κ1) is 17.6. The fraction of sp³-hybridized carbons (Fsp3) is 0.500. The van der Waals surface area contributed by atoms with Crippen molar-refractivity contribution in [2.45, 2.75) is 25.2 Å². The molecule has 8 heteroatoms. The number of amides is 1. The number of thioether (sulfide) groups is 1. The maximum absolute atomic E-state index is 12.4. The van der Waals surface area contributed by atoms with Gasteiger partial charge in [-0.2, -0.15) is 0 Å². The molecule has 0 bridgehead atoms. The molecule has 0 spiro atoms. The van der Waals surface area contributed by atoms with Gasteiger partial charge < -0.3 is 9.80 Å². The summed E-state index contributed by atoms with van der Waals surface area (Å²) in [6.07, 6.45) is 3.06. The number of likely N-dealkylation sites (tertiary alicyclic amines) is 1. The van der Waals surface area contributed by atoms with Crippen LogP contribution < -0.4 is 0 Å². The van der Waals surface area contributed by atoms with Crippen molar-refractivity contribution in [1.29, 1.82) is 0 Å². The summed E-state index contributed by atoms with van der Waals surface area (Å²) in [5.74, 6) is 1.36. The van der Waals surface area contributed by atoms with Crippen LogP contribution in [0.15, 0.2) is 17.7 Å². The van der Waals surface area contributed by atoms with E-state index in [1.54, 1.807) is 17.1 Å². The van der Waals surface area contributed by atoms with Gasteiger partial charge in [-0.15, -0.1) is 11.3 Å². The van der Waals surface area contributed by atoms with Crippen molar-refractivity contribution in [1.82, 2.24) is 14.8 Å². The van der Waals surface area contributed by atoms with Crippen molar-refractivity contribution in [3.8, 4) is 0 Å². The molecule has 2 saturated heterocycles. The van der Waals surface area contributed by atoms with Gasteiger partial charge in [-0.3, -0.25) is 9.59 Å². The van der Waals surface area contributed by atoms with Gasteiger partial charge in [-0.1, -0.05) is 30.6 Å². The smallest absolute Gasteiger partial charge is 0.224 e. The van der Waals surface area contributed by atoms with Crippen LogP contribution in [0, 0.1) is 0 Å². The van der Waals surface area contributed by atoms with E-state index in [2.05, 4.69) is 11.6 Å². The zero-order valence-electron chi connectivity index (χ0n) is 13.3. The number of thiocarbonyl (C=S) groups is 1. The summed E-state index contributed by atoms with van der Waals surface area (Å²) in [6.45, 7) is 6.11. The van der Waals surface area contributed by atoms with E-state index in [-0.39, 0.29) is 5.91 Å². The lowest BCUT2D eigenvalue weighted by atomic mass is 9.97. The highest BCUT2D eigenvalue weighted by atomic mass is 32.2. The minimum absolute atomic E-state index is 0.175. The molecule has 5 nitrogen and oxygen atoms in total. The number of carbonyl (C=O) groups excluding carboxylic acids is 2. The first-order valence-corrected chi connectivity index (χ1v) is 10.2. The second kappa shape index (κ2) is 7.76. The molecule has 0 unspecified atom stereocenters. The van der Waals surface area contributed by atoms with E-state index in [1.165, 1.54) is 11.3 Å². The lowest BCUT2D eigenvalue weighted by molar-refractivity contribution is -0.132. The molecule has 0 aliphatic carbocycles. The van der Waals surface area contributed by atoms with Crippen LogP contribution in [0.4, 0.5) is 0 Å². The highest BCUT2D eigenvalue weighted by Gasteiger charge is 2.27. The maximum Gasteiger partial charge on any atom is 0.224 e. The molecule has 2 aliphatic heterocycles. The van der Waals surface area contributed by atoms with Crippen LogP contribution in [-0.4, -0.2) is 56.7 Å². The normalized spacial score (nSPS) is 19.2. The van der Waals surface area contributed by atoms with Crippen LogP contribution in [-0.2, 0) is 4.79 Å². The Kier molecular flexibility index (Phi) is 5.68. The van der Waals surface area contributed by atoms with Gasteiger partial charge in [0.05, 0.1) is 5.01 Å². The Morgan fingerprint density at radius 2 is 2.21 bits per heavy atom. The largest absolute Gasteiger partial charge is 0.343 e. The van der Waals surface area contributed by atoms with Crippen LogP contribution in [0.3, 0.4) is 0 Å². The second-order valence-electron chi connectivity index (χ2n) is 5.91. The summed E-state index contributed by atoms with van der Waals surface area (Å²) in [7, 11) is 0. The molecule has 2 fully saturated rings. The predicted molar refractivity (Wildman–Crippen MR) is 102 cm³/mol. The van der Waals surface area contributed by atoms with E-state index in [9.17, 15) is 9.59 Å². The molecule has 0 saturated carbocycles. The second-order valence-corrected chi connectivity index (χ2v) is 8.40. The standard InChI is InChI=1S/C16H19N3O2S3/c1-11-9-24-16(22)19(11)7-4-14(21)18-5-2-12(3-6-18)15-17-13(8-20)10-23-15/h8,10,12H,1-7,9H2. The number of aldehydes is 1. The Morgan fingerprint density at radius 3 is 2.79 bits per heavy atom. The molecule has 0 aromatic carbocycles. The van der Waals surface area contributed by atoms with Gasteiger partial charge in [-0.25, -0.2) is 4.98 Å². The quantitative estimate of drug-likeness (QED) is 0.577. The van der Waals surface area contributed by atoms with Crippen molar-refractivity contribution >= 4 is 51.8 Å². The maximum atomic E-state index is 12.4. The summed E-state index contributed by atoms with van der Waals surface area (Å²) in [4.78, 5) is 31.4. The van der Waals surface area contributed by atoms with Crippen LogP contribution in [0.1, 0.15) is 40.7 Å². The number of rotatable bonds is 5. The average Bonchev–Trinajstić information content (AvgIpc) is 3.20. The SMILES string of the molecule is C=C1CSC(=S)N1CCC(=O)N1CCC(c2nc(C=O)cs2)CC1. The van der Waals surface area contributed by atoms with Gasteiger partial charge in [0.1, 0.15) is 10.0 Å². The average molecular weight is 382 g/mol. The first-order valence-electron chi connectivity index (χ1n) is 7.89. The Labute approximate surface area is 155 Å². The van der Waals surface area contributed by atoms with Gasteiger partial charge in [0, 0.05) is 48.8 Å². The first-order chi connectivity index (χ1) is 11.6. The summed E-state index contributed by atoms with van der Waals surface area (Å²) >= 11 is 8.42. The number of aromatic nitrogens is 1. The lowest BCUT2D eigenvalue weighted by Gasteiger charge is -2.31. The summed E-state index contributed by atoms with van der Waals surface area (Å²) in [6, 6.07) is 0. The van der Waals surface area contributed by atoms with E-state index in [1.807, 2.05) is 9.80 Å². The molecule has 1 amide bonds. The number of nitrogens with zero attached hydrogens (tertiary/aromatic N) is 3. The fourth-order valence-electron chi connectivity index (χ4n) is 2.96. The third kappa shape index (κ3) is 3.87. The lowest BCUT2D eigenvalue weighted by Crippen LogP contribution is -2.39. The number of hydrogen-bond donors (Lipinski definition) is 0. The number of carbonyl (C=O) groups is 2. The molecular formula is C16H19N3O2S3. The highest BCUT2D eigenvalue weighted by Crippen LogP contribution is 2.30. The van der Waals surface area contributed by atoms with Crippen LogP contribution in [0.2, 0.25) is 0 Å². The third-order valence-corrected chi connectivity index (χ3v) is 6.92. The summed E-state index contributed by atoms with van der Waals surface area (Å²) in [5, 5.41) is 2.81. The van der Waals surface area contributed by atoms with Crippen LogP contribution in [0.5, 0.6) is 0 Å². The molecule has 1 aromatic heterocycles. The topological polar surface area (TPSA) is 53.5 Å². The van der Waals surface area contributed by atoms with Crippen molar-refractivity contribution in [2.24, 2.45) is 0 Å². The van der Waals surface area contributed by atoms with Crippen LogP contribution in [0.25, 0.3) is 0 Å². The molecule has 128 valence electrons. The van der Waals surface area contributed by atoms with Gasteiger partial charge in [0.2, 0.25) is 5.91 Å². The Bertz CT molecular complexity index is 649. The minimum atomic E-state index is 0.175. The van der Waals surface area contributed by atoms with Crippen molar-refractivity contribution in [2.75, 3.05) is 25.4 Å². The summed E-state index contributed by atoms with van der Waals surface area (Å²) < 4.78 is 0.821. The monoisotopic (exact) mass is 381 g/mol. The highest BCUT2D eigenvalue weighted by molar-refractivity contribution is 8.23. The number of hydrogen-bond acceptors (Lipinski definition) is 6. The zero-order chi connectivity index (χ0) is 17.1. The number of piperidine rings is 1. The van der Waals surface area contributed by atoms with Crippen molar-refractivity contribution < 1.29 is 9.59 Å². The van der Waals surface area contributed by atoms with Crippen molar-refractivity contribution in [3.05, 3.63) is 28.4 Å². The summed E-state index contributed by atoms with van der Waals surface area (Å²) in [5.41, 5.74) is 1.50. The molecule has 0 radical (unpaired) electrons. The van der Waals surface area contributed by atoms with Crippen LogP contribution >= 0.6 is 35.3 Å². The molecule has 1 aromatic rings. The van der Waals surface area contributed by atoms with E-state index >= 15 is 0 Å². The van der Waals surface area contributed by atoms with E-state index in [4.69, 9.17) is 12.2 Å². The van der Waals surface area contributed by atoms with Gasteiger partial charge in [-0.05, 0) is 12.8 Å².